The van der Waals surface area contributed by atoms with E-state index >= 15 is 0 Å². The van der Waals surface area contributed by atoms with Crippen molar-refractivity contribution in [3.05, 3.63) is 72.0 Å². The summed E-state index contributed by atoms with van der Waals surface area (Å²) in [6.07, 6.45) is 3.61. The minimum absolute atomic E-state index is 0.0973. The normalized spacial score (nSPS) is 10.5. The van der Waals surface area contributed by atoms with E-state index in [1.807, 2.05) is 41.1 Å². The molecule has 2 aromatic carbocycles. The number of thioether (sulfide) groups is 1. The third-order valence-corrected chi connectivity index (χ3v) is 4.28. The van der Waals surface area contributed by atoms with Crippen LogP contribution in [0.15, 0.2) is 72.1 Å². The zero-order chi connectivity index (χ0) is 16.1. The van der Waals surface area contributed by atoms with E-state index in [1.54, 1.807) is 30.5 Å². The first-order valence-electron chi connectivity index (χ1n) is 6.99. The number of aromatic nitrogens is 2. The van der Waals surface area contributed by atoms with Crippen molar-refractivity contribution in [3.8, 4) is 5.69 Å². The molecule has 0 unspecified atom stereocenters. The Bertz CT molecular complexity index is 804. The van der Waals surface area contributed by atoms with Gasteiger partial charge in [0.25, 0.3) is 0 Å². The first-order chi connectivity index (χ1) is 11.2. The largest absolute Gasteiger partial charge is 0.325 e. The second-order valence-electron chi connectivity index (χ2n) is 4.76. The molecule has 0 saturated heterocycles. The number of anilines is 1. The van der Waals surface area contributed by atoms with Gasteiger partial charge in [-0.05, 0) is 30.3 Å². The Morgan fingerprint density at radius 2 is 2.00 bits per heavy atom. The Kier molecular flexibility index (Phi) is 5.00. The van der Waals surface area contributed by atoms with Gasteiger partial charge in [-0.15, -0.1) is 0 Å². The van der Waals surface area contributed by atoms with Crippen molar-refractivity contribution in [2.24, 2.45) is 0 Å². The zero-order valence-corrected chi connectivity index (χ0v) is 13.7. The van der Waals surface area contributed by atoms with E-state index in [0.29, 0.717) is 10.7 Å². The first kappa shape index (κ1) is 15.6. The van der Waals surface area contributed by atoms with Gasteiger partial charge >= 0.3 is 0 Å². The lowest BCUT2D eigenvalue weighted by Crippen LogP contribution is -2.14. The third kappa shape index (κ3) is 4.15. The summed E-state index contributed by atoms with van der Waals surface area (Å²) in [5.41, 5.74) is 1.71. The number of hydrogen-bond acceptors (Lipinski definition) is 3. The molecule has 23 heavy (non-hydrogen) atoms. The highest BCUT2D eigenvalue weighted by atomic mass is 35.5. The fourth-order valence-corrected chi connectivity index (χ4v) is 3.04. The predicted molar refractivity (Wildman–Crippen MR) is 94.4 cm³/mol. The van der Waals surface area contributed by atoms with E-state index in [4.69, 9.17) is 11.6 Å². The summed E-state index contributed by atoms with van der Waals surface area (Å²) < 4.78 is 1.96. The van der Waals surface area contributed by atoms with Gasteiger partial charge in [0.1, 0.15) is 0 Å². The van der Waals surface area contributed by atoms with Crippen LogP contribution in [0.5, 0.6) is 0 Å². The number of carbonyl (C=O) groups is 1. The van der Waals surface area contributed by atoms with E-state index in [9.17, 15) is 4.79 Å². The van der Waals surface area contributed by atoms with Gasteiger partial charge in [-0.25, -0.2) is 4.98 Å². The number of halogens is 1. The molecule has 1 heterocycles. The number of benzene rings is 2. The maximum Gasteiger partial charge on any atom is 0.234 e. The molecule has 1 N–H and O–H groups in total. The molecule has 3 rings (SSSR count). The highest BCUT2D eigenvalue weighted by molar-refractivity contribution is 7.99. The van der Waals surface area contributed by atoms with Crippen LogP contribution in [-0.2, 0) is 4.79 Å². The molecule has 0 aliphatic rings. The van der Waals surface area contributed by atoms with Gasteiger partial charge in [-0.1, -0.05) is 47.6 Å². The van der Waals surface area contributed by atoms with Crippen LogP contribution in [0.25, 0.3) is 5.69 Å². The SMILES string of the molecule is O=C(CSc1nccn1-c1ccccc1)Nc1cccc(Cl)c1. The first-order valence-corrected chi connectivity index (χ1v) is 8.36. The van der Waals surface area contributed by atoms with Crippen LogP contribution in [0.2, 0.25) is 5.02 Å². The van der Waals surface area contributed by atoms with E-state index in [1.165, 1.54) is 11.8 Å². The summed E-state index contributed by atoms with van der Waals surface area (Å²) in [6, 6.07) is 17.0. The minimum Gasteiger partial charge on any atom is -0.325 e. The number of carbonyl (C=O) groups excluding carboxylic acids is 1. The molecule has 0 atom stereocenters. The van der Waals surface area contributed by atoms with E-state index in [-0.39, 0.29) is 11.7 Å². The van der Waals surface area contributed by atoms with Crippen LogP contribution in [0.1, 0.15) is 0 Å². The van der Waals surface area contributed by atoms with E-state index < -0.39 is 0 Å². The lowest BCUT2D eigenvalue weighted by Gasteiger charge is -2.08. The van der Waals surface area contributed by atoms with E-state index in [0.717, 1.165) is 10.8 Å². The van der Waals surface area contributed by atoms with Crippen LogP contribution in [0.3, 0.4) is 0 Å². The number of rotatable bonds is 5. The maximum absolute atomic E-state index is 12.1. The average molecular weight is 344 g/mol. The van der Waals surface area contributed by atoms with Crippen molar-refractivity contribution in [1.29, 1.82) is 0 Å². The van der Waals surface area contributed by atoms with Crippen molar-refractivity contribution in [2.45, 2.75) is 5.16 Å². The van der Waals surface area contributed by atoms with Gasteiger partial charge in [0, 0.05) is 28.8 Å². The summed E-state index contributed by atoms with van der Waals surface area (Å²) in [7, 11) is 0. The fourth-order valence-electron chi connectivity index (χ4n) is 2.08. The second-order valence-corrected chi connectivity index (χ2v) is 6.14. The molecule has 0 radical (unpaired) electrons. The lowest BCUT2D eigenvalue weighted by molar-refractivity contribution is -0.113. The third-order valence-electron chi connectivity index (χ3n) is 3.08. The lowest BCUT2D eigenvalue weighted by atomic mass is 10.3. The minimum atomic E-state index is -0.0973. The zero-order valence-electron chi connectivity index (χ0n) is 12.1. The number of hydrogen-bond donors (Lipinski definition) is 1. The molecule has 1 amide bonds. The molecular weight excluding hydrogens is 330 g/mol. The van der Waals surface area contributed by atoms with Crippen LogP contribution in [0.4, 0.5) is 5.69 Å². The Morgan fingerprint density at radius 3 is 2.78 bits per heavy atom. The molecule has 0 bridgehead atoms. The average Bonchev–Trinajstić information content (AvgIpc) is 3.02. The summed E-state index contributed by atoms with van der Waals surface area (Å²) >= 11 is 7.29. The van der Waals surface area contributed by atoms with Gasteiger partial charge in [0.05, 0.1) is 5.75 Å². The van der Waals surface area contributed by atoms with Gasteiger partial charge < -0.3 is 5.32 Å². The van der Waals surface area contributed by atoms with Gasteiger partial charge in [-0.3, -0.25) is 9.36 Å². The predicted octanol–water partition coefficient (Wildman–Crippen LogP) is 4.26. The topological polar surface area (TPSA) is 46.9 Å². The van der Waals surface area contributed by atoms with Gasteiger partial charge in [-0.2, -0.15) is 0 Å². The van der Waals surface area contributed by atoms with Crippen molar-refractivity contribution >= 4 is 35.0 Å². The number of imidazole rings is 1. The molecule has 0 aliphatic heterocycles. The van der Waals surface area contributed by atoms with Gasteiger partial charge in [0.2, 0.25) is 5.91 Å². The van der Waals surface area contributed by atoms with Crippen LogP contribution < -0.4 is 5.32 Å². The van der Waals surface area contributed by atoms with Crippen molar-refractivity contribution in [2.75, 3.05) is 11.1 Å². The summed E-state index contributed by atoms with van der Waals surface area (Å²) in [4.78, 5) is 16.4. The Hall–Kier alpha value is -2.24. The highest BCUT2D eigenvalue weighted by Crippen LogP contribution is 2.21. The molecule has 0 fully saturated rings. The molecular formula is C17H14ClN3OS. The molecule has 4 nitrogen and oxygen atoms in total. The van der Waals surface area contributed by atoms with Crippen molar-refractivity contribution in [3.63, 3.8) is 0 Å². The van der Waals surface area contributed by atoms with Crippen LogP contribution in [-0.4, -0.2) is 21.2 Å². The highest BCUT2D eigenvalue weighted by Gasteiger charge is 2.09. The molecule has 116 valence electrons. The summed E-state index contributed by atoms with van der Waals surface area (Å²) in [6.45, 7) is 0. The standard InChI is InChI=1S/C17H14ClN3OS/c18-13-5-4-6-14(11-13)20-16(22)12-23-17-19-9-10-21(17)15-7-2-1-3-8-15/h1-11H,12H2,(H,20,22). The molecule has 3 aromatic rings. The Balaban J connectivity index is 1.63. The van der Waals surface area contributed by atoms with Crippen molar-refractivity contribution < 1.29 is 4.79 Å². The number of amides is 1. The smallest absolute Gasteiger partial charge is 0.234 e. The maximum atomic E-state index is 12.1. The number of para-hydroxylation sites is 1. The summed E-state index contributed by atoms with van der Waals surface area (Å²) in [5.74, 6) is 0.177. The molecule has 0 spiro atoms. The van der Waals surface area contributed by atoms with E-state index in [2.05, 4.69) is 10.3 Å². The van der Waals surface area contributed by atoms with Crippen LogP contribution >= 0.6 is 23.4 Å². The monoisotopic (exact) mass is 343 g/mol. The molecule has 1 aromatic heterocycles. The molecule has 0 aliphatic carbocycles. The van der Waals surface area contributed by atoms with Gasteiger partial charge in [0.15, 0.2) is 5.16 Å². The number of nitrogens with one attached hydrogen (secondary N) is 1. The molecule has 0 saturated carbocycles. The fraction of sp³-hybridized carbons (Fsp3) is 0.0588. The quantitative estimate of drug-likeness (QED) is 0.704. The Morgan fingerprint density at radius 1 is 1.17 bits per heavy atom. The Labute approximate surface area is 143 Å². The number of nitrogens with zero attached hydrogens (tertiary/aromatic N) is 2. The summed E-state index contributed by atoms with van der Waals surface area (Å²) in [5, 5.41) is 4.19. The van der Waals surface area contributed by atoms with Crippen LogP contribution in [0, 0.1) is 0 Å². The molecule has 6 heteroatoms. The second kappa shape index (κ2) is 7.35. The van der Waals surface area contributed by atoms with Crippen molar-refractivity contribution in [1.82, 2.24) is 9.55 Å².